The molecule has 7 nitrogen and oxygen atoms in total. The average Bonchev–Trinajstić information content (AvgIpc) is 3.06. The molecule has 2 heterocycles. The van der Waals surface area contributed by atoms with Crippen LogP contribution >= 0.6 is 11.6 Å². The number of aromatic nitrogens is 2. The predicted molar refractivity (Wildman–Crippen MR) is 104 cm³/mol. The predicted octanol–water partition coefficient (Wildman–Crippen LogP) is 3.39. The van der Waals surface area contributed by atoms with E-state index >= 15 is 0 Å². The van der Waals surface area contributed by atoms with Crippen LogP contribution in [0.4, 0.5) is 5.69 Å². The van der Waals surface area contributed by atoms with Crippen LogP contribution in [-0.4, -0.2) is 34.9 Å². The first kappa shape index (κ1) is 18.7. The highest BCUT2D eigenvalue weighted by molar-refractivity contribution is 6.31. The van der Waals surface area contributed by atoms with E-state index in [1.165, 1.54) is 7.11 Å². The van der Waals surface area contributed by atoms with E-state index < -0.39 is 5.91 Å². The normalized spacial score (nSPS) is 10.6. The molecule has 0 spiro atoms. The van der Waals surface area contributed by atoms with Gasteiger partial charge in [-0.2, -0.15) is 0 Å². The number of halogens is 1. The highest BCUT2D eigenvalue weighted by Gasteiger charge is 2.22. The summed E-state index contributed by atoms with van der Waals surface area (Å²) < 4.78 is 6.82. The van der Waals surface area contributed by atoms with E-state index in [2.05, 4.69) is 15.6 Å². The summed E-state index contributed by atoms with van der Waals surface area (Å²) >= 11 is 6.01. The Morgan fingerprint density at radius 3 is 2.78 bits per heavy atom. The maximum atomic E-state index is 12.8. The van der Waals surface area contributed by atoms with Gasteiger partial charge in [-0.3, -0.25) is 14.0 Å². The Kier molecular flexibility index (Phi) is 5.61. The molecule has 0 saturated carbocycles. The second kappa shape index (κ2) is 8.09. The lowest BCUT2D eigenvalue weighted by Gasteiger charge is -2.10. The number of benzene rings is 1. The van der Waals surface area contributed by atoms with Crippen molar-refractivity contribution in [1.82, 2.24) is 14.7 Å². The van der Waals surface area contributed by atoms with Crippen LogP contribution in [0.15, 0.2) is 42.6 Å². The van der Waals surface area contributed by atoms with Crippen molar-refractivity contribution in [3.63, 3.8) is 0 Å². The molecular formula is C19H19ClN4O3. The first-order chi connectivity index (χ1) is 13.0. The van der Waals surface area contributed by atoms with Crippen LogP contribution in [-0.2, 0) is 0 Å². The highest BCUT2D eigenvalue weighted by Crippen LogP contribution is 2.28. The number of ether oxygens (including phenoxy) is 1. The van der Waals surface area contributed by atoms with Crippen LogP contribution in [0, 0.1) is 0 Å². The van der Waals surface area contributed by atoms with Crippen LogP contribution in [0.25, 0.3) is 5.52 Å². The van der Waals surface area contributed by atoms with Crippen molar-refractivity contribution in [2.45, 2.75) is 13.3 Å². The van der Waals surface area contributed by atoms with Crippen molar-refractivity contribution in [2.24, 2.45) is 0 Å². The number of nitrogens with one attached hydrogen (secondary N) is 2. The van der Waals surface area contributed by atoms with E-state index in [4.69, 9.17) is 16.3 Å². The molecule has 2 aromatic heterocycles. The molecule has 2 amide bonds. The third kappa shape index (κ3) is 3.88. The Morgan fingerprint density at radius 1 is 1.22 bits per heavy atom. The summed E-state index contributed by atoms with van der Waals surface area (Å²) in [7, 11) is 1.50. The molecule has 2 N–H and O–H groups in total. The smallest absolute Gasteiger partial charge is 0.292 e. The number of imidazole rings is 1. The molecule has 3 rings (SSSR count). The van der Waals surface area contributed by atoms with E-state index in [0.29, 0.717) is 28.5 Å². The summed E-state index contributed by atoms with van der Waals surface area (Å²) in [5, 5.41) is 5.98. The van der Waals surface area contributed by atoms with E-state index in [1.54, 1.807) is 47.0 Å². The number of methoxy groups -OCH3 is 1. The maximum absolute atomic E-state index is 12.8. The van der Waals surface area contributed by atoms with Gasteiger partial charge in [0.05, 0.1) is 18.3 Å². The molecule has 27 heavy (non-hydrogen) atoms. The number of carbonyl (C=O) groups excluding carboxylic acids is 2. The summed E-state index contributed by atoms with van der Waals surface area (Å²) in [6.07, 6.45) is 2.49. The Morgan fingerprint density at radius 2 is 2.04 bits per heavy atom. The molecule has 0 bridgehead atoms. The topological polar surface area (TPSA) is 84.7 Å². The van der Waals surface area contributed by atoms with Gasteiger partial charge >= 0.3 is 0 Å². The second-order valence-corrected chi connectivity index (χ2v) is 6.23. The summed E-state index contributed by atoms with van der Waals surface area (Å²) in [6, 6.07) is 10.2. The van der Waals surface area contributed by atoms with Crippen LogP contribution in [0.5, 0.6) is 5.75 Å². The van der Waals surface area contributed by atoms with Gasteiger partial charge < -0.3 is 15.4 Å². The summed E-state index contributed by atoms with van der Waals surface area (Å²) in [5.41, 5.74) is 1.17. The number of nitrogens with zero attached hydrogens (tertiary/aromatic N) is 2. The zero-order valence-corrected chi connectivity index (χ0v) is 15.7. The Bertz CT molecular complexity index is 1000. The Labute approximate surface area is 161 Å². The Hall–Kier alpha value is -3.06. The zero-order valence-electron chi connectivity index (χ0n) is 15.0. The van der Waals surface area contributed by atoms with E-state index in [9.17, 15) is 9.59 Å². The summed E-state index contributed by atoms with van der Waals surface area (Å²) in [5.74, 6) is -0.241. The van der Waals surface area contributed by atoms with Gasteiger partial charge in [-0.15, -0.1) is 0 Å². The van der Waals surface area contributed by atoms with Gasteiger partial charge in [-0.1, -0.05) is 24.6 Å². The molecule has 0 unspecified atom stereocenters. The third-order valence-electron chi connectivity index (χ3n) is 3.91. The number of anilines is 1. The molecule has 0 saturated heterocycles. The molecule has 0 aliphatic heterocycles. The molecule has 0 aliphatic carbocycles. The molecule has 8 heteroatoms. The van der Waals surface area contributed by atoms with Gasteiger partial charge in [-0.25, -0.2) is 4.98 Å². The van der Waals surface area contributed by atoms with Crippen LogP contribution in [0.3, 0.4) is 0 Å². The van der Waals surface area contributed by atoms with Gasteiger partial charge in [0.2, 0.25) is 5.82 Å². The van der Waals surface area contributed by atoms with Crippen molar-refractivity contribution in [2.75, 3.05) is 19.0 Å². The van der Waals surface area contributed by atoms with Gasteiger partial charge in [0.1, 0.15) is 5.75 Å². The van der Waals surface area contributed by atoms with Crippen molar-refractivity contribution in [3.8, 4) is 5.75 Å². The lowest BCUT2D eigenvalue weighted by Crippen LogP contribution is -2.24. The van der Waals surface area contributed by atoms with Crippen molar-refractivity contribution < 1.29 is 14.3 Å². The summed E-state index contributed by atoms with van der Waals surface area (Å²) in [6.45, 7) is 2.49. The van der Waals surface area contributed by atoms with Crippen molar-refractivity contribution in [3.05, 3.63) is 59.1 Å². The first-order valence-corrected chi connectivity index (χ1v) is 8.83. The number of hydrogen-bond acceptors (Lipinski definition) is 4. The average molecular weight is 387 g/mol. The fraction of sp³-hybridized carbons (Fsp3) is 0.211. The SMILES string of the molecule is CCCNC(=O)c1nc(C(=O)Nc2cc(Cl)ccc2OC)n2ccccc12. The molecule has 0 fully saturated rings. The van der Waals surface area contributed by atoms with Crippen LogP contribution in [0.1, 0.15) is 34.5 Å². The first-order valence-electron chi connectivity index (χ1n) is 8.45. The maximum Gasteiger partial charge on any atom is 0.292 e. The minimum Gasteiger partial charge on any atom is -0.495 e. The van der Waals surface area contributed by atoms with Crippen LogP contribution < -0.4 is 15.4 Å². The van der Waals surface area contributed by atoms with Gasteiger partial charge in [0, 0.05) is 17.8 Å². The largest absolute Gasteiger partial charge is 0.495 e. The number of pyridine rings is 1. The minimum absolute atomic E-state index is 0.0919. The third-order valence-corrected chi connectivity index (χ3v) is 4.15. The van der Waals surface area contributed by atoms with E-state index in [-0.39, 0.29) is 17.4 Å². The van der Waals surface area contributed by atoms with Crippen molar-refractivity contribution >= 4 is 34.6 Å². The number of rotatable bonds is 6. The zero-order chi connectivity index (χ0) is 19.4. The number of amides is 2. The second-order valence-electron chi connectivity index (χ2n) is 5.79. The number of fused-ring (bicyclic) bond motifs is 1. The molecule has 140 valence electrons. The minimum atomic E-state index is -0.480. The number of hydrogen-bond donors (Lipinski definition) is 2. The van der Waals surface area contributed by atoms with Gasteiger partial charge in [0.25, 0.3) is 11.8 Å². The van der Waals surface area contributed by atoms with Gasteiger partial charge in [-0.05, 0) is 36.8 Å². The lowest BCUT2D eigenvalue weighted by molar-refractivity contribution is 0.0951. The van der Waals surface area contributed by atoms with E-state index in [0.717, 1.165) is 6.42 Å². The number of carbonyl (C=O) groups is 2. The fourth-order valence-corrected chi connectivity index (χ4v) is 2.82. The standard InChI is InChI=1S/C19H19ClN4O3/c1-3-9-21-18(25)16-14-6-4-5-10-24(14)17(23-16)19(26)22-13-11-12(20)7-8-15(13)27-2/h4-8,10-11H,3,9H2,1-2H3,(H,21,25)(H,22,26). The molecule has 0 radical (unpaired) electrons. The highest BCUT2D eigenvalue weighted by atomic mass is 35.5. The Balaban J connectivity index is 1.98. The molecule has 0 atom stereocenters. The quantitative estimate of drug-likeness (QED) is 0.680. The van der Waals surface area contributed by atoms with Gasteiger partial charge in [0.15, 0.2) is 5.69 Å². The van der Waals surface area contributed by atoms with Crippen molar-refractivity contribution in [1.29, 1.82) is 0 Å². The molecule has 1 aromatic carbocycles. The molecule has 0 aliphatic rings. The monoisotopic (exact) mass is 386 g/mol. The molecular weight excluding hydrogens is 368 g/mol. The van der Waals surface area contributed by atoms with Crippen LogP contribution in [0.2, 0.25) is 5.02 Å². The fourth-order valence-electron chi connectivity index (χ4n) is 2.64. The van der Waals surface area contributed by atoms with E-state index in [1.807, 2.05) is 6.92 Å². The lowest BCUT2D eigenvalue weighted by atomic mass is 10.3. The summed E-state index contributed by atoms with van der Waals surface area (Å²) in [4.78, 5) is 29.5. The molecule has 3 aromatic rings.